The monoisotopic (exact) mass is 274 g/mol. The molecule has 1 aromatic heterocycles. The fourth-order valence-electron chi connectivity index (χ4n) is 1.98. The highest BCUT2D eigenvalue weighted by Crippen LogP contribution is 2.18. The molecule has 0 amide bonds. The molecule has 0 radical (unpaired) electrons. The van der Waals surface area contributed by atoms with Crippen LogP contribution in [0.15, 0.2) is 42.6 Å². The van der Waals surface area contributed by atoms with E-state index in [1.54, 1.807) is 6.20 Å². The Labute approximate surface area is 119 Å². The van der Waals surface area contributed by atoms with E-state index in [9.17, 15) is 0 Å². The number of nitrogens with one attached hydrogen (secondary N) is 1. The summed E-state index contributed by atoms with van der Waals surface area (Å²) in [5, 5.41) is 3.81. The molecule has 3 heteroatoms. The first-order chi connectivity index (χ1) is 9.15. The maximum Gasteiger partial charge on any atom is 0.152 e. The van der Waals surface area contributed by atoms with Gasteiger partial charge in [0.25, 0.3) is 0 Å². The first kappa shape index (κ1) is 13.9. The molecule has 0 unspecified atom stereocenters. The van der Waals surface area contributed by atoms with Crippen molar-refractivity contribution in [2.24, 2.45) is 5.92 Å². The molecule has 0 aliphatic carbocycles. The zero-order valence-corrected chi connectivity index (χ0v) is 12.1. The van der Waals surface area contributed by atoms with Crippen LogP contribution in [0, 0.1) is 5.92 Å². The molecule has 0 aliphatic rings. The van der Waals surface area contributed by atoms with Crippen LogP contribution in [0.4, 0.5) is 5.69 Å². The van der Waals surface area contributed by atoms with Gasteiger partial charge in [0.1, 0.15) is 0 Å². The van der Waals surface area contributed by atoms with Gasteiger partial charge in [0, 0.05) is 12.7 Å². The topological polar surface area (TPSA) is 24.9 Å². The van der Waals surface area contributed by atoms with E-state index in [4.69, 9.17) is 11.6 Å². The van der Waals surface area contributed by atoms with Crippen LogP contribution in [-0.2, 0) is 13.0 Å². The molecular weight excluding hydrogens is 256 g/mol. The van der Waals surface area contributed by atoms with Crippen molar-refractivity contribution < 1.29 is 0 Å². The normalized spacial score (nSPS) is 10.7. The van der Waals surface area contributed by atoms with E-state index >= 15 is 0 Å². The van der Waals surface area contributed by atoms with Gasteiger partial charge in [0.05, 0.1) is 5.69 Å². The number of rotatable bonds is 5. The van der Waals surface area contributed by atoms with Crippen molar-refractivity contribution in [1.82, 2.24) is 4.98 Å². The Morgan fingerprint density at radius 1 is 1.11 bits per heavy atom. The Morgan fingerprint density at radius 2 is 1.79 bits per heavy atom. The SMILES string of the molecule is CC(C)Cc1ccc(CNc2cccnc2Cl)cc1. The zero-order chi connectivity index (χ0) is 13.7. The van der Waals surface area contributed by atoms with Crippen LogP contribution in [0.5, 0.6) is 0 Å². The predicted molar refractivity (Wildman–Crippen MR) is 81.6 cm³/mol. The van der Waals surface area contributed by atoms with Crippen molar-refractivity contribution in [2.75, 3.05) is 5.32 Å². The maximum atomic E-state index is 6.00. The molecule has 0 bridgehead atoms. The molecule has 0 saturated carbocycles. The highest BCUT2D eigenvalue weighted by atomic mass is 35.5. The first-order valence-corrected chi connectivity index (χ1v) is 6.95. The van der Waals surface area contributed by atoms with Crippen molar-refractivity contribution in [3.8, 4) is 0 Å². The lowest BCUT2D eigenvalue weighted by molar-refractivity contribution is 0.647. The number of benzene rings is 1. The highest BCUT2D eigenvalue weighted by Gasteiger charge is 2.01. The van der Waals surface area contributed by atoms with E-state index in [1.165, 1.54) is 11.1 Å². The zero-order valence-electron chi connectivity index (χ0n) is 11.4. The number of hydrogen-bond donors (Lipinski definition) is 1. The van der Waals surface area contributed by atoms with Gasteiger partial charge in [-0.05, 0) is 35.6 Å². The van der Waals surface area contributed by atoms with Crippen LogP contribution in [0.2, 0.25) is 5.15 Å². The largest absolute Gasteiger partial charge is 0.378 e. The average molecular weight is 275 g/mol. The molecule has 0 saturated heterocycles. The lowest BCUT2D eigenvalue weighted by Crippen LogP contribution is -2.01. The lowest BCUT2D eigenvalue weighted by atomic mass is 10.0. The van der Waals surface area contributed by atoms with Gasteiger partial charge in [0.15, 0.2) is 5.15 Å². The molecule has 0 fully saturated rings. The Bertz CT molecular complexity index is 521. The van der Waals surface area contributed by atoms with Gasteiger partial charge in [-0.15, -0.1) is 0 Å². The number of nitrogens with zero attached hydrogens (tertiary/aromatic N) is 1. The minimum atomic E-state index is 0.513. The third-order valence-corrected chi connectivity index (χ3v) is 3.21. The number of pyridine rings is 1. The Morgan fingerprint density at radius 3 is 2.42 bits per heavy atom. The number of anilines is 1. The number of halogens is 1. The van der Waals surface area contributed by atoms with E-state index in [0.717, 1.165) is 18.7 Å². The summed E-state index contributed by atoms with van der Waals surface area (Å²) < 4.78 is 0. The Hall–Kier alpha value is -1.54. The van der Waals surface area contributed by atoms with Crippen LogP contribution in [0.3, 0.4) is 0 Å². The smallest absolute Gasteiger partial charge is 0.152 e. The quantitative estimate of drug-likeness (QED) is 0.810. The van der Waals surface area contributed by atoms with Gasteiger partial charge >= 0.3 is 0 Å². The molecule has 2 rings (SSSR count). The summed E-state index contributed by atoms with van der Waals surface area (Å²) in [6, 6.07) is 12.5. The molecule has 1 aromatic carbocycles. The van der Waals surface area contributed by atoms with Gasteiger partial charge in [-0.1, -0.05) is 49.7 Å². The van der Waals surface area contributed by atoms with E-state index in [0.29, 0.717) is 11.1 Å². The Balaban J connectivity index is 1.95. The summed E-state index contributed by atoms with van der Waals surface area (Å²) in [5.74, 6) is 0.693. The second kappa shape index (κ2) is 6.58. The molecule has 2 nitrogen and oxygen atoms in total. The predicted octanol–water partition coefficient (Wildman–Crippen LogP) is 4.55. The summed E-state index contributed by atoms with van der Waals surface area (Å²) in [5.41, 5.74) is 3.50. The van der Waals surface area contributed by atoms with Crippen molar-refractivity contribution in [1.29, 1.82) is 0 Å². The first-order valence-electron chi connectivity index (χ1n) is 6.57. The van der Waals surface area contributed by atoms with E-state index in [-0.39, 0.29) is 0 Å². The van der Waals surface area contributed by atoms with Crippen LogP contribution in [0.25, 0.3) is 0 Å². The van der Waals surface area contributed by atoms with Gasteiger partial charge in [-0.3, -0.25) is 0 Å². The molecule has 0 atom stereocenters. The fourth-order valence-corrected chi connectivity index (χ4v) is 2.17. The molecule has 1 heterocycles. The minimum absolute atomic E-state index is 0.513. The fraction of sp³-hybridized carbons (Fsp3) is 0.312. The standard InChI is InChI=1S/C16H19ClN2/c1-12(2)10-13-5-7-14(8-6-13)11-19-15-4-3-9-18-16(15)17/h3-9,12,19H,10-11H2,1-2H3. The molecule has 1 N–H and O–H groups in total. The van der Waals surface area contributed by atoms with Crippen molar-refractivity contribution in [3.05, 3.63) is 58.9 Å². The van der Waals surface area contributed by atoms with Gasteiger partial charge in [-0.25, -0.2) is 4.98 Å². The summed E-state index contributed by atoms with van der Waals surface area (Å²) in [6.07, 6.45) is 2.82. The Kier molecular flexibility index (Phi) is 4.80. The summed E-state index contributed by atoms with van der Waals surface area (Å²) in [4.78, 5) is 4.04. The summed E-state index contributed by atoms with van der Waals surface area (Å²) in [6.45, 7) is 5.23. The maximum absolute atomic E-state index is 6.00. The second-order valence-corrected chi connectivity index (χ2v) is 5.47. The molecule has 19 heavy (non-hydrogen) atoms. The van der Waals surface area contributed by atoms with Gasteiger partial charge < -0.3 is 5.32 Å². The van der Waals surface area contributed by atoms with Crippen molar-refractivity contribution >= 4 is 17.3 Å². The van der Waals surface area contributed by atoms with E-state index in [2.05, 4.69) is 48.4 Å². The van der Waals surface area contributed by atoms with Crippen LogP contribution in [-0.4, -0.2) is 4.98 Å². The molecule has 2 aromatic rings. The molecule has 0 aliphatic heterocycles. The molecule has 0 spiro atoms. The van der Waals surface area contributed by atoms with E-state index in [1.807, 2.05) is 12.1 Å². The average Bonchev–Trinajstić information content (AvgIpc) is 2.39. The van der Waals surface area contributed by atoms with E-state index < -0.39 is 0 Å². The molecule has 100 valence electrons. The minimum Gasteiger partial charge on any atom is -0.378 e. The lowest BCUT2D eigenvalue weighted by Gasteiger charge is -2.09. The third-order valence-electron chi connectivity index (χ3n) is 2.91. The third kappa shape index (κ3) is 4.25. The summed E-state index contributed by atoms with van der Waals surface area (Å²) >= 11 is 6.00. The van der Waals surface area contributed by atoms with Gasteiger partial charge in [-0.2, -0.15) is 0 Å². The number of aromatic nitrogens is 1. The van der Waals surface area contributed by atoms with Crippen LogP contribution < -0.4 is 5.32 Å². The van der Waals surface area contributed by atoms with Crippen molar-refractivity contribution in [3.63, 3.8) is 0 Å². The highest BCUT2D eigenvalue weighted by molar-refractivity contribution is 6.31. The summed E-state index contributed by atoms with van der Waals surface area (Å²) in [7, 11) is 0. The van der Waals surface area contributed by atoms with Gasteiger partial charge in [0.2, 0.25) is 0 Å². The van der Waals surface area contributed by atoms with Crippen LogP contribution in [0.1, 0.15) is 25.0 Å². The van der Waals surface area contributed by atoms with Crippen LogP contribution >= 0.6 is 11.6 Å². The molecular formula is C16H19ClN2. The van der Waals surface area contributed by atoms with Crippen molar-refractivity contribution in [2.45, 2.75) is 26.8 Å². The number of hydrogen-bond acceptors (Lipinski definition) is 2. The second-order valence-electron chi connectivity index (χ2n) is 5.11.